The Morgan fingerprint density at radius 1 is 1.31 bits per heavy atom. The molecule has 2 heterocycles. The molecule has 0 aliphatic carbocycles. The van der Waals surface area contributed by atoms with Gasteiger partial charge in [0.2, 0.25) is 5.91 Å². The van der Waals surface area contributed by atoms with Gasteiger partial charge in [0.1, 0.15) is 0 Å². The summed E-state index contributed by atoms with van der Waals surface area (Å²) in [5, 5.41) is 12.7. The average molecular weight is 226 g/mol. The Bertz CT molecular complexity index is 249. The van der Waals surface area contributed by atoms with E-state index in [4.69, 9.17) is 0 Å². The third kappa shape index (κ3) is 2.55. The summed E-state index contributed by atoms with van der Waals surface area (Å²) in [4.78, 5) is 14.2. The second-order valence-corrected chi connectivity index (χ2v) is 5.11. The minimum Gasteiger partial charge on any atom is -0.393 e. The maximum atomic E-state index is 12.3. The van der Waals surface area contributed by atoms with Gasteiger partial charge in [0.25, 0.3) is 0 Å². The molecular weight excluding hydrogens is 204 g/mol. The van der Waals surface area contributed by atoms with Crippen molar-refractivity contribution < 1.29 is 9.90 Å². The number of amides is 1. The van der Waals surface area contributed by atoms with E-state index in [9.17, 15) is 9.90 Å². The van der Waals surface area contributed by atoms with E-state index in [1.165, 1.54) is 6.42 Å². The first-order chi connectivity index (χ1) is 7.68. The molecule has 2 aliphatic rings. The van der Waals surface area contributed by atoms with Gasteiger partial charge in [-0.2, -0.15) is 0 Å². The number of carbonyl (C=O) groups excluding carboxylic acids is 1. The molecule has 2 rings (SSSR count). The number of rotatable bonds is 1. The molecule has 2 unspecified atom stereocenters. The number of hydrogen-bond donors (Lipinski definition) is 2. The van der Waals surface area contributed by atoms with E-state index in [2.05, 4.69) is 12.2 Å². The summed E-state index contributed by atoms with van der Waals surface area (Å²) >= 11 is 0. The van der Waals surface area contributed by atoms with Crippen molar-refractivity contribution in [2.45, 2.75) is 44.8 Å². The molecule has 0 aromatic carbocycles. The fourth-order valence-corrected chi connectivity index (χ4v) is 2.66. The Labute approximate surface area is 97.0 Å². The standard InChI is InChI=1S/C12H22N2O2/c1-9-3-2-6-13-11(9)12(16)14-7-4-10(15)5-8-14/h9-11,13,15H,2-8H2,1H3. The average Bonchev–Trinajstić information content (AvgIpc) is 2.30. The van der Waals surface area contributed by atoms with Gasteiger partial charge in [-0.15, -0.1) is 0 Å². The molecule has 2 N–H and O–H groups in total. The lowest BCUT2D eigenvalue weighted by atomic mass is 9.91. The molecule has 0 radical (unpaired) electrons. The van der Waals surface area contributed by atoms with Crippen LogP contribution in [0.5, 0.6) is 0 Å². The fraction of sp³-hybridized carbons (Fsp3) is 0.917. The van der Waals surface area contributed by atoms with Crippen molar-refractivity contribution in [1.82, 2.24) is 10.2 Å². The van der Waals surface area contributed by atoms with Crippen LogP contribution in [0, 0.1) is 5.92 Å². The van der Waals surface area contributed by atoms with E-state index in [0.29, 0.717) is 19.0 Å². The molecule has 2 saturated heterocycles. The summed E-state index contributed by atoms with van der Waals surface area (Å²) in [5.41, 5.74) is 0. The van der Waals surface area contributed by atoms with Gasteiger partial charge >= 0.3 is 0 Å². The van der Waals surface area contributed by atoms with Crippen LogP contribution < -0.4 is 5.32 Å². The lowest BCUT2D eigenvalue weighted by Gasteiger charge is -2.36. The van der Waals surface area contributed by atoms with Gasteiger partial charge in [-0.25, -0.2) is 0 Å². The van der Waals surface area contributed by atoms with Crippen LogP contribution in [-0.4, -0.2) is 47.7 Å². The molecule has 0 aromatic rings. The monoisotopic (exact) mass is 226 g/mol. The van der Waals surface area contributed by atoms with Crippen LogP contribution in [0.1, 0.15) is 32.6 Å². The summed E-state index contributed by atoms with van der Waals surface area (Å²) in [5.74, 6) is 0.673. The second-order valence-electron chi connectivity index (χ2n) is 5.11. The Hall–Kier alpha value is -0.610. The Morgan fingerprint density at radius 3 is 2.62 bits per heavy atom. The first-order valence-electron chi connectivity index (χ1n) is 6.38. The number of nitrogens with zero attached hydrogens (tertiary/aromatic N) is 1. The zero-order valence-electron chi connectivity index (χ0n) is 9.98. The van der Waals surface area contributed by atoms with Crippen molar-refractivity contribution >= 4 is 5.91 Å². The highest BCUT2D eigenvalue weighted by Crippen LogP contribution is 2.19. The van der Waals surface area contributed by atoms with Crippen molar-refractivity contribution in [1.29, 1.82) is 0 Å². The fourth-order valence-electron chi connectivity index (χ4n) is 2.66. The predicted molar refractivity (Wildman–Crippen MR) is 62.0 cm³/mol. The number of aliphatic hydroxyl groups excluding tert-OH is 1. The largest absolute Gasteiger partial charge is 0.393 e. The topological polar surface area (TPSA) is 52.6 Å². The zero-order chi connectivity index (χ0) is 11.5. The van der Waals surface area contributed by atoms with Crippen LogP contribution in [0.4, 0.5) is 0 Å². The minimum absolute atomic E-state index is 0.00370. The van der Waals surface area contributed by atoms with Crippen molar-refractivity contribution in [3.8, 4) is 0 Å². The Morgan fingerprint density at radius 2 is 2.00 bits per heavy atom. The van der Waals surface area contributed by atoms with E-state index < -0.39 is 0 Å². The second kappa shape index (κ2) is 5.15. The van der Waals surface area contributed by atoms with E-state index in [-0.39, 0.29) is 18.1 Å². The number of likely N-dealkylation sites (tertiary alicyclic amines) is 1. The highest BCUT2D eigenvalue weighted by molar-refractivity contribution is 5.82. The maximum absolute atomic E-state index is 12.3. The number of aliphatic hydroxyl groups is 1. The predicted octanol–water partition coefficient (Wildman–Crippen LogP) is 0.358. The van der Waals surface area contributed by atoms with Crippen LogP contribution in [0.15, 0.2) is 0 Å². The third-order valence-corrected chi connectivity index (χ3v) is 3.81. The highest BCUT2D eigenvalue weighted by Gasteiger charge is 2.32. The normalized spacial score (nSPS) is 32.8. The molecule has 2 fully saturated rings. The molecule has 1 amide bonds. The quantitative estimate of drug-likeness (QED) is 0.678. The molecule has 0 bridgehead atoms. The maximum Gasteiger partial charge on any atom is 0.239 e. The van der Waals surface area contributed by atoms with Crippen LogP contribution in [-0.2, 0) is 4.79 Å². The number of nitrogens with one attached hydrogen (secondary N) is 1. The van der Waals surface area contributed by atoms with Gasteiger partial charge in [-0.1, -0.05) is 6.92 Å². The summed E-state index contributed by atoms with van der Waals surface area (Å²) in [6.07, 6.45) is 3.56. The van der Waals surface area contributed by atoms with Crippen LogP contribution in [0.2, 0.25) is 0 Å². The van der Waals surface area contributed by atoms with Crippen LogP contribution in [0.3, 0.4) is 0 Å². The first kappa shape index (κ1) is 11.9. The first-order valence-corrected chi connectivity index (χ1v) is 6.38. The molecule has 92 valence electrons. The number of carbonyl (C=O) groups is 1. The lowest BCUT2D eigenvalue weighted by Crippen LogP contribution is -2.54. The molecule has 0 saturated carbocycles. The summed E-state index contributed by atoms with van der Waals surface area (Å²) < 4.78 is 0. The van der Waals surface area contributed by atoms with E-state index in [0.717, 1.165) is 25.8 Å². The summed E-state index contributed by atoms with van der Waals surface area (Å²) in [6, 6.07) is 0.00370. The van der Waals surface area contributed by atoms with Crippen molar-refractivity contribution in [2.75, 3.05) is 19.6 Å². The minimum atomic E-state index is -0.208. The Balaban J connectivity index is 1.90. The van der Waals surface area contributed by atoms with Crippen molar-refractivity contribution in [2.24, 2.45) is 5.92 Å². The molecule has 0 aromatic heterocycles. The van der Waals surface area contributed by atoms with Gasteiger partial charge < -0.3 is 15.3 Å². The lowest BCUT2D eigenvalue weighted by molar-refractivity contribution is -0.137. The summed E-state index contributed by atoms with van der Waals surface area (Å²) in [6.45, 7) is 4.53. The van der Waals surface area contributed by atoms with Gasteiger partial charge in [-0.3, -0.25) is 4.79 Å². The smallest absolute Gasteiger partial charge is 0.239 e. The van der Waals surface area contributed by atoms with Gasteiger partial charge in [-0.05, 0) is 38.1 Å². The summed E-state index contributed by atoms with van der Waals surface area (Å²) in [7, 11) is 0. The molecule has 16 heavy (non-hydrogen) atoms. The SMILES string of the molecule is CC1CCCNC1C(=O)N1CCC(O)CC1. The van der Waals surface area contributed by atoms with E-state index in [1.54, 1.807) is 0 Å². The molecule has 0 spiro atoms. The molecule has 4 heteroatoms. The highest BCUT2D eigenvalue weighted by atomic mass is 16.3. The molecule has 4 nitrogen and oxygen atoms in total. The Kier molecular flexibility index (Phi) is 3.82. The van der Waals surface area contributed by atoms with Gasteiger partial charge in [0, 0.05) is 13.1 Å². The zero-order valence-corrected chi connectivity index (χ0v) is 9.98. The van der Waals surface area contributed by atoms with E-state index in [1.807, 2.05) is 4.90 Å². The van der Waals surface area contributed by atoms with Gasteiger partial charge in [0.15, 0.2) is 0 Å². The molecular formula is C12H22N2O2. The van der Waals surface area contributed by atoms with Gasteiger partial charge in [0.05, 0.1) is 12.1 Å². The van der Waals surface area contributed by atoms with Crippen molar-refractivity contribution in [3.63, 3.8) is 0 Å². The van der Waals surface area contributed by atoms with Crippen molar-refractivity contribution in [3.05, 3.63) is 0 Å². The number of piperidine rings is 2. The van der Waals surface area contributed by atoms with Crippen LogP contribution in [0.25, 0.3) is 0 Å². The van der Waals surface area contributed by atoms with Crippen LogP contribution >= 0.6 is 0 Å². The number of hydrogen-bond acceptors (Lipinski definition) is 3. The molecule has 2 atom stereocenters. The molecule has 2 aliphatic heterocycles. The third-order valence-electron chi connectivity index (χ3n) is 3.81. The van der Waals surface area contributed by atoms with E-state index >= 15 is 0 Å².